The second-order valence-corrected chi connectivity index (χ2v) is 7.18. The zero-order chi connectivity index (χ0) is 19.5. The van der Waals surface area contributed by atoms with Gasteiger partial charge in [0.25, 0.3) is 0 Å². The number of benzene rings is 1. The Balaban J connectivity index is 1.63. The average molecular weight is 381 g/mol. The van der Waals surface area contributed by atoms with Gasteiger partial charge in [-0.1, -0.05) is 12.1 Å². The fourth-order valence-electron chi connectivity index (χ4n) is 3.37. The molecule has 0 spiro atoms. The van der Waals surface area contributed by atoms with Crippen LogP contribution in [0.15, 0.2) is 30.6 Å². The van der Waals surface area contributed by atoms with Crippen LogP contribution in [0.4, 0.5) is 16.2 Å². The number of nitrogens with one attached hydrogen (secondary N) is 1. The van der Waals surface area contributed by atoms with Crippen LogP contribution >= 0.6 is 0 Å². The van der Waals surface area contributed by atoms with Crippen molar-refractivity contribution >= 4 is 22.9 Å². The molecule has 1 N–H and O–H groups in total. The summed E-state index contributed by atoms with van der Waals surface area (Å²) in [5, 5.41) is 3.34. The average Bonchev–Trinajstić information content (AvgIpc) is 2.93. The lowest BCUT2D eigenvalue weighted by Crippen LogP contribution is -2.30. The van der Waals surface area contributed by atoms with Gasteiger partial charge in [-0.2, -0.15) is 9.97 Å². The van der Waals surface area contributed by atoms with Gasteiger partial charge in [0.15, 0.2) is 17.0 Å². The van der Waals surface area contributed by atoms with E-state index in [0.29, 0.717) is 35.0 Å². The van der Waals surface area contributed by atoms with Crippen LogP contribution in [0.3, 0.4) is 0 Å². The number of anilines is 2. The van der Waals surface area contributed by atoms with Crippen molar-refractivity contribution in [2.45, 2.75) is 19.9 Å². The number of fused-ring (bicyclic) bond motifs is 1. The van der Waals surface area contributed by atoms with E-state index in [2.05, 4.69) is 37.1 Å². The first kappa shape index (κ1) is 18.5. The summed E-state index contributed by atoms with van der Waals surface area (Å²) in [6, 6.07) is 5.10. The van der Waals surface area contributed by atoms with Crippen LogP contribution in [-0.4, -0.2) is 58.1 Å². The minimum Gasteiger partial charge on any atom is -0.364 e. The zero-order valence-electron chi connectivity index (χ0n) is 16.2. The van der Waals surface area contributed by atoms with Crippen molar-refractivity contribution in [3.05, 3.63) is 47.5 Å². The standard InChI is InChI=1S/C20H24FN7/c1-14-12-15(4-5-16(14)21)13-24-19-17-18(23-7-6-22-17)25-20(26-19)28-9-3-8-27(2)10-11-28/h4-7,12H,3,8-11,13H2,1-2H3,(H,23,24,25,26). The number of aromatic nitrogens is 4. The van der Waals surface area contributed by atoms with Crippen LogP contribution in [0, 0.1) is 12.7 Å². The molecule has 1 aromatic carbocycles. The molecule has 0 aliphatic carbocycles. The highest BCUT2D eigenvalue weighted by molar-refractivity contribution is 5.83. The van der Waals surface area contributed by atoms with E-state index in [1.165, 1.54) is 6.07 Å². The van der Waals surface area contributed by atoms with Crippen molar-refractivity contribution in [2.75, 3.05) is 43.4 Å². The summed E-state index contributed by atoms with van der Waals surface area (Å²) in [6.07, 6.45) is 4.35. The molecular formula is C20H24FN7. The quantitative estimate of drug-likeness (QED) is 0.745. The Morgan fingerprint density at radius 2 is 1.93 bits per heavy atom. The van der Waals surface area contributed by atoms with Gasteiger partial charge in [0.05, 0.1) is 0 Å². The normalized spacial score (nSPS) is 15.6. The maximum absolute atomic E-state index is 13.5. The highest BCUT2D eigenvalue weighted by Crippen LogP contribution is 2.22. The maximum atomic E-state index is 13.5. The fraction of sp³-hybridized carbons (Fsp3) is 0.400. The summed E-state index contributed by atoms with van der Waals surface area (Å²) in [4.78, 5) is 22.7. The molecule has 0 unspecified atom stereocenters. The van der Waals surface area contributed by atoms with Gasteiger partial charge in [0.2, 0.25) is 5.95 Å². The molecule has 2 aromatic heterocycles. The second-order valence-electron chi connectivity index (χ2n) is 7.18. The van der Waals surface area contributed by atoms with E-state index in [1.807, 2.05) is 6.07 Å². The molecule has 28 heavy (non-hydrogen) atoms. The Kier molecular flexibility index (Phi) is 5.29. The maximum Gasteiger partial charge on any atom is 0.229 e. The number of halogens is 1. The lowest BCUT2D eigenvalue weighted by Gasteiger charge is -2.21. The van der Waals surface area contributed by atoms with Crippen LogP contribution in [0.2, 0.25) is 0 Å². The number of nitrogens with zero attached hydrogens (tertiary/aromatic N) is 6. The van der Waals surface area contributed by atoms with Gasteiger partial charge in [-0.15, -0.1) is 0 Å². The van der Waals surface area contributed by atoms with E-state index < -0.39 is 0 Å². The topological polar surface area (TPSA) is 70.1 Å². The van der Waals surface area contributed by atoms with Gasteiger partial charge in [0, 0.05) is 38.6 Å². The summed E-state index contributed by atoms with van der Waals surface area (Å²) >= 11 is 0. The van der Waals surface area contributed by atoms with Crippen molar-refractivity contribution in [3.8, 4) is 0 Å². The van der Waals surface area contributed by atoms with Gasteiger partial charge in [-0.3, -0.25) is 0 Å². The van der Waals surface area contributed by atoms with Crippen LogP contribution in [0.1, 0.15) is 17.5 Å². The molecular weight excluding hydrogens is 357 g/mol. The van der Waals surface area contributed by atoms with Crippen LogP contribution in [0.25, 0.3) is 11.2 Å². The molecule has 0 amide bonds. The molecule has 8 heteroatoms. The molecule has 3 heterocycles. The van der Waals surface area contributed by atoms with E-state index in [0.717, 1.165) is 38.2 Å². The number of hydrogen-bond acceptors (Lipinski definition) is 7. The molecule has 1 saturated heterocycles. The van der Waals surface area contributed by atoms with Crippen molar-refractivity contribution in [3.63, 3.8) is 0 Å². The number of hydrogen-bond donors (Lipinski definition) is 1. The first-order valence-electron chi connectivity index (χ1n) is 9.51. The molecule has 1 aliphatic rings. The van der Waals surface area contributed by atoms with Crippen LogP contribution in [0.5, 0.6) is 0 Å². The molecule has 0 bridgehead atoms. The minimum absolute atomic E-state index is 0.199. The first-order chi connectivity index (χ1) is 13.6. The third-order valence-corrected chi connectivity index (χ3v) is 5.01. The molecule has 146 valence electrons. The highest BCUT2D eigenvalue weighted by Gasteiger charge is 2.18. The molecule has 0 atom stereocenters. The van der Waals surface area contributed by atoms with E-state index in [4.69, 9.17) is 4.98 Å². The molecule has 0 saturated carbocycles. The summed E-state index contributed by atoms with van der Waals surface area (Å²) in [7, 11) is 2.13. The van der Waals surface area contributed by atoms with E-state index >= 15 is 0 Å². The van der Waals surface area contributed by atoms with Crippen molar-refractivity contribution in [2.24, 2.45) is 0 Å². The van der Waals surface area contributed by atoms with E-state index in [9.17, 15) is 4.39 Å². The Hall–Kier alpha value is -2.87. The minimum atomic E-state index is -0.199. The Morgan fingerprint density at radius 3 is 2.79 bits per heavy atom. The number of likely N-dealkylation sites (N-methyl/N-ethyl adjacent to an activating group) is 1. The fourth-order valence-corrected chi connectivity index (χ4v) is 3.37. The molecule has 0 radical (unpaired) electrons. The van der Waals surface area contributed by atoms with E-state index in [-0.39, 0.29) is 5.82 Å². The third kappa shape index (κ3) is 4.01. The third-order valence-electron chi connectivity index (χ3n) is 5.01. The largest absolute Gasteiger partial charge is 0.364 e. The Bertz CT molecular complexity index is 978. The Labute approximate surface area is 163 Å². The van der Waals surface area contributed by atoms with Gasteiger partial charge in [-0.05, 0) is 44.1 Å². The lowest BCUT2D eigenvalue weighted by molar-refractivity contribution is 0.360. The lowest BCUT2D eigenvalue weighted by atomic mass is 10.1. The van der Waals surface area contributed by atoms with Crippen molar-refractivity contribution in [1.29, 1.82) is 0 Å². The summed E-state index contributed by atoms with van der Waals surface area (Å²) in [5.74, 6) is 1.12. The molecule has 4 rings (SSSR count). The van der Waals surface area contributed by atoms with E-state index in [1.54, 1.807) is 25.4 Å². The number of aryl methyl sites for hydroxylation is 1. The Morgan fingerprint density at radius 1 is 1.07 bits per heavy atom. The molecule has 7 nitrogen and oxygen atoms in total. The van der Waals surface area contributed by atoms with Gasteiger partial charge in [0.1, 0.15) is 5.82 Å². The smallest absolute Gasteiger partial charge is 0.229 e. The SMILES string of the molecule is Cc1cc(CNc2nc(N3CCCN(C)CC3)nc3nccnc23)ccc1F. The van der Waals surface area contributed by atoms with Crippen LogP contribution < -0.4 is 10.2 Å². The monoisotopic (exact) mass is 381 g/mol. The van der Waals surface area contributed by atoms with Gasteiger partial charge >= 0.3 is 0 Å². The molecule has 1 aliphatic heterocycles. The number of rotatable bonds is 4. The zero-order valence-corrected chi connectivity index (χ0v) is 16.2. The predicted octanol–water partition coefficient (Wildman–Crippen LogP) is 2.62. The first-order valence-corrected chi connectivity index (χ1v) is 9.51. The summed E-state index contributed by atoms with van der Waals surface area (Å²) in [5.41, 5.74) is 2.81. The van der Waals surface area contributed by atoms with Gasteiger partial charge in [-0.25, -0.2) is 14.4 Å². The second kappa shape index (κ2) is 8.02. The molecule has 1 fully saturated rings. The van der Waals surface area contributed by atoms with Crippen molar-refractivity contribution < 1.29 is 4.39 Å². The van der Waals surface area contributed by atoms with Crippen molar-refractivity contribution in [1.82, 2.24) is 24.8 Å². The van der Waals surface area contributed by atoms with Gasteiger partial charge < -0.3 is 15.1 Å². The summed E-state index contributed by atoms with van der Waals surface area (Å²) < 4.78 is 13.5. The predicted molar refractivity (Wildman–Crippen MR) is 108 cm³/mol. The summed E-state index contributed by atoms with van der Waals surface area (Å²) in [6.45, 7) is 6.11. The van der Waals surface area contributed by atoms with Crippen LogP contribution in [-0.2, 0) is 6.54 Å². The highest BCUT2D eigenvalue weighted by atomic mass is 19.1. The molecule has 3 aromatic rings.